The van der Waals surface area contributed by atoms with Gasteiger partial charge in [0, 0.05) is 5.02 Å². The van der Waals surface area contributed by atoms with Crippen LogP contribution in [0, 0.1) is 11.3 Å². The fraction of sp³-hybridized carbons (Fsp3) is 0.188. The summed E-state index contributed by atoms with van der Waals surface area (Å²) in [5, 5.41) is 19.3. The van der Waals surface area contributed by atoms with Crippen LogP contribution in [-0.4, -0.2) is 19.3 Å². The van der Waals surface area contributed by atoms with Gasteiger partial charge in [0.05, 0.1) is 29.2 Å². The predicted octanol–water partition coefficient (Wildman–Crippen LogP) is 2.86. The maximum atomic E-state index is 12.2. The first-order valence-electron chi connectivity index (χ1n) is 6.52. The van der Waals surface area contributed by atoms with Gasteiger partial charge in [-0.1, -0.05) is 35.9 Å². The van der Waals surface area contributed by atoms with Crippen LogP contribution >= 0.6 is 11.6 Å². The molecule has 6 heteroatoms. The number of nitriles is 1. The van der Waals surface area contributed by atoms with Gasteiger partial charge >= 0.3 is 0 Å². The first kappa shape index (κ1) is 16.5. The molecular weight excluding hydrogens is 322 g/mol. The number of rotatable bonds is 5. The number of hydrogen-bond acceptors (Lipinski definition) is 4. The van der Waals surface area contributed by atoms with Crippen LogP contribution in [0.15, 0.2) is 48.5 Å². The summed E-state index contributed by atoms with van der Waals surface area (Å²) in [6, 6.07) is 14.8. The minimum absolute atomic E-state index is 0.180. The monoisotopic (exact) mass is 335 g/mol. The highest BCUT2D eigenvalue weighted by Gasteiger charge is 2.19. The predicted molar refractivity (Wildman–Crippen MR) is 85.1 cm³/mol. The van der Waals surface area contributed by atoms with E-state index in [1.165, 1.54) is 0 Å². The van der Waals surface area contributed by atoms with Crippen molar-refractivity contribution in [1.82, 2.24) is 0 Å². The average molecular weight is 336 g/mol. The fourth-order valence-electron chi connectivity index (χ4n) is 2.06. The van der Waals surface area contributed by atoms with E-state index in [0.29, 0.717) is 21.7 Å². The third-order valence-electron chi connectivity index (χ3n) is 3.11. The number of aliphatic hydroxyl groups excluding tert-OH is 1. The second-order valence-electron chi connectivity index (χ2n) is 4.93. The molecule has 4 nitrogen and oxygen atoms in total. The van der Waals surface area contributed by atoms with E-state index in [1.807, 2.05) is 6.07 Å². The maximum Gasteiger partial charge on any atom is 0.157 e. The van der Waals surface area contributed by atoms with Crippen LogP contribution in [0.2, 0.25) is 5.02 Å². The van der Waals surface area contributed by atoms with Crippen molar-refractivity contribution < 1.29 is 13.5 Å². The summed E-state index contributed by atoms with van der Waals surface area (Å²) in [7, 11) is -3.49. The molecule has 0 spiro atoms. The molecule has 0 aliphatic carbocycles. The molecule has 0 amide bonds. The van der Waals surface area contributed by atoms with Gasteiger partial charge in [0.1, 0.15) is 0 Å². The molecule has 0 heterocycles. The number of sulfone groups is 1. The molecule has 0 fully saturated rings. The Morgan fingerprint density at radius 2 is 1.86 bits per heavy atom. The Labute approximate surface area is 134 Å². The molecule has 1 atom stereocenters. The summed E-state index contributed by atoms with van der Waals surface area (Å²) < 4.78 is 24.3. The summed E-state index contributed by atoms with van der Waals surface area (Å²) in [5.41, 5.74) is 1.51. The molecule has 2 rings (SSSR count). The number of aliphatic hydroxyl groups is 1. The Kier molecular flexibility index (Phi) is 5.19. The van der Waals surface area contributed by atoms with Gasteiger partial charge in [-0.15, -0.1) is 0 Å². The highest BCUT2D eigenvalue weighted by molar-refractivity contribution is 7.90. The SMILES string of the molecule is N#Cc1ccc(C(O)CS(=O)(=O)Cc2cccc(Cl)c2)cc1. The molecule has 0 saturated carbocycles. The smallest absolute Gasteiger partial charge is 0.157 e. The fourth-order valence-corrected chi connectivity index (χ4v) is 3.75. The van der Waals surface area contributed by atoms with Crippen LogP contribution in [0.25, 0.3) is 0 Å². The van der Waals surface area contributed by atoms with Crippen LogP contribution < -0.4 is 0 Å². The van der Waals surface area contributed by atoms with Crippen LogP contribution in [-0.2, 0) is 15.6 Å². The zero-order chi connectivity index (χ0) is 16.2. The van der Waals surface area contributed by atoms with Crippen LogP contribution in [0.1, 0.15) is 22.8 Å². The molecule has 1 N–H and O–H groups in total. The average Bonchev–Trinajstić information content (AvgIpc) is 2.46. The van der Waals surface area contributed by atoms with Crippen molar-refractivity contribution in [2.24, 2.45) is 0 Å². The second kappa shape index (κ2) is 6.93. The second-order valence-corrected chi connectivity index (χ2v) is 7.48. The Balaban J connectivity index is 2.09. The van der Waals surface area contributed by atoms with Gasteiger partial charge in [-0.2, -0.15) is 5.26 Å². The molecule has 114 valence electrons. The molecule has 0 aromatic heterocycles. The third kappa shape index (κ3) is 4.57. The lowest BCUT2D eigenvalue weighted by Crippen LogP contribution is -2.16. The number of nitrogens with zero attached hydrogens (tertiary/aromatic N) is 1. The van der Waals surface area contributed by atoms with Crippen molar-refractivity contribution in [3.05, 3.63) is 70.2 Å². The first-order valence-corrected chi connectivity index (χ1v) is 8.72. The Hall–Kier alpha value is -1.87. The molecule has 22 heavy (non-hydrogen) atoms. The van der Waals surface area contributed by atoms with E-state index < -0.39 is 15.9 Å². The summed E-state index contributed by atoms with van der Waals surface area (Å²) in [4.78, 5) is 0. The van der Waals surface area contributed by atoms with Gasteiger partial charge in [0.2, 0.25) is 0 Å². The normalized spacial score (nSPS) is 12.6. The number of hydrogen-bond donors (Lipinski definition) is 1. The topological polar surface area (TPSA) is 78.2 Å². The molecule has 0 bridgehead atoms. The standard InChI is InChI=1S/C16H14ClNO3S/c17-15-3-1-2-13(8-15)10-22(20,21)11-16(19)14-6-4-12(9-18)5-7-14/h1-8,16,19H,10-11H2. The largest absolute Gasteiger partial charge is 0.387 e. The Morgan fingerprint density at radius 3 is 2.45 bits per heavy atom. The van der Waals surface area contributed by atoms with Crippen LogP contribution in [0.3, 0.4) is 0 Å². The Bertz CT molecular complexity index is 795. The number of benzene rings is 2. The number of halogens is 1. The van der Waals surface area contributed by atoms with Crippen molar-refractivity contribution in [2.75, 3.05) is 5.75 Å². The highest BCUT2D eigenvalue weighted by atomic mass is 35.5. The Morgan fingerprint density at radius 1 is 1.18 bits per heavy atom. The minimum atomic E-state index is -3.49. The molecular formula is C16H14ClNO3S. The van der Waals surface area contributed by atoms with Crippen molar-refractivity contribution >= 4 is 21.4 Å². The third-order valence-corrected chi connectivity index (χ3v) is 4.94. The van der Waals surface area contributed by atoms with Gasteiger partial charge in [0.15, 0.2) is 9.84 Å². The van der Waals surface area contributed by atoms with E-state index in [4.69, 9.17) is 16.9 Å². The van der Waals surface area contributed by atoms with Crippen molar-refractivity contribution in [3.63, 3.8) is 0 Å². The van der Waals surface area contributed by atoms with Gasteiger partial charge in [0.25, 0.3) is 0 Å². The molecule has 0 radical (unpaired) electrons. The molecule has 2 aromatic rings. The highest BCUT2D eigenvalue weighted by Crippen LogP contribution is 2.19. The van der Waals surface area contributed by atoms with Gasteiger partial charge in [-0.05, 0) is 35.4 Å². The van der Waals surface area contributed by atoms with Crippen molar-refractivity contribution in [2.45, 2.75) is 11.9 Å². The zero-order valence-corrected chi connectivity index (χ0v) is 13.2. The quantitative estimate of drug-likeness (QED) is 0.911. The van der Waals surface area contributed by atoms with Gasteiger partial charge in [-0.25, -0.2) is 8.42 Å². The van der Waals surface area contributed by atoms with Gasteiger partial charge in [-0.3, -0.25) is 0 Å². The lowest BCUT2D eigenvalue weighted by Gasteiger charge is -2.12. The van der Waals surface area contributed by atoms with E-state index in [9.17, 15) is 13.5 Å². The molecule has 0 aliphatic rings. The van der Waals surface area contributed by atoms with E-state index in [1.54, 1.807) is 48.5 Å². The van der Waals surface area contributed by atoms with E-state index in [0.717, 1.165) is 0 Å². The molecule has 0 saturated heterocycles. The van der Waals surface area contributed by atoms with E-state index >= 15 is 0 Å². The van der Waals surface area contributed by atoms with Gasteiger partial charge < -0.3 is 5.11 Å². The summed E-state index contributed by atoms with van der Waals surface area (Å²) in [6.07, 6.45) is -1.13. The zero-order valence-electron chi connectivity index (χ0n) is 11.6. The first-order chi connectivity index (χ1) is 10.4. The maximum absolute atomic E-state index is 12.2. The summed E-state index contributed by atoms with van der Waals surface area (Å²) in [5.74, 6) is -0.563. The summed E-state index contributed by atoms with van der Waals surface area (Å²) in [6.45, 7) is 0. The van der Waals surface area contributed by atoms with Crippen LogP contribution in [0.4, 0.5) is 0 Å². The lowest BCUT2D eigenvalue weighted by atomic mass is 10.1. The van der Waals surface area contributed by atoms with Crippen LogP contribution in [0.5, 0.6) is 0 Å². The minimum Gasteiger partial charge on any atom is -0.387 e. The van der Waals surface area contributed by atoms with E-state index in [2.05, 4.69) is 0 Å². The molecule has 1 unspecified atom stereocenters. The van der Waals surface area contributed by atoms with E-state index in [-0.39, 0.29) is 11.5 Å². The molecule has 2 aromatic carbocycles. The molecule has 0 aliphatic heterocycles. The lowest BCUT2D eigenvalue weighted by molar-refractivity contribution is 0.201. The van der Waals surface area contributed by atoms with Crippen molar-refractivity contribution in [1.29, 1.82) is 5.26 Å². The van der Waals surface area contributed by atoms with Crippen molar-refractivity contribution in [3.8, 4) is 6.07 Å². The summed E-state index contributed by atoms with van der Waals surface area (Å²) >= 11 is 5.83.